The van der Waals surface area contributed by atoms with Gasteiger partial charge in [0.2, 0.25) is 0 Å². The van der Waals surface area contributed by atoms with Crippen LogP contribution in [-0.4, -0.2) is 88.0 Å². The second kappa shape index (κ2) is 26.5. The van der Waals surface area contributed by atoms with Crippen LogP contribution < -0.4 is 0 Å². The van der Waals surface area contributed by atoms with Gasteiger partial charge < -0.3 is 34.8 Å². The number of esters is 2. The van der Waals surface area contributed by atoms with Gasteiger partial charge in [0.05, 0.1) is 25.9 Å². The number of hydrogen-bond acceptors (Lipinski definition) is 11. The Kier molecular flexibility index (Phi) is 25.4. The maximum absolute atomic E-state index is 12.2. The minimum Gasteiger partial charge on any atom is -0.478 e. The number of ether oxygens (including phenoxy) is 2. The molecule has 0 saturated heterocycles. The van der Waals surface area contributed by atoms with Crippen molar-refractivity contribution in [2.75, 3.05) is 26.4 Å². The fourth-order valence-corrected chi connectivity index (χ4v) is 4.70. The lowest BCUT2D eigenvalue weighted by molar-refractivity contribution is -0.161. The Labute approximate surface area is 255 Å². The first-order chi connectivity index (χ1) is 20.5. The number of rotatable bonds is 29. The molecule has 13 nitrogen and oxygen atoms in total. The topological polar surface area (TPSA) is 206 Å². The summed E-state index contributed by atoms with van der Waals surface area (Å²) < 4.78 is 31.7. The molecule has 43 heavy (non-hydrogen) atoms. The van der Waals surface area contributed by atoms with E-state index in [4.69, 9.17) is 24.2 Å². The van der Waals surface area contributed by atoms with Crippen molar-refractivity contribution >= 4 is 25.7 Å². The molecular formula is C29H53O13P. The number of unbranched alkanes of at least 4 members (excludes halogenated alkanes) is 12. The van der Waals surface area contributed by atoms with E-state index in [-0.39, 0.29) is 19.3 Å². The van der Waals surface area contributed by atoms with Gasteiger partial charge in [0.25, 0.3) is 0 Å². The van der Waals surface area contributed by atoms with E-state index in [0.29, 0.717) is 6.42 Å². The van der Waals surface area contributed by atoms with Gasteiger partial charge in [-0.2, -0.15) is 0 Å². The van der Waals surface area contributed by atoms with Gasteiger partial charge in [-0.3, -0.25) is 18.6 Å². The summed E-state index contributed by atoms with van der Waals surface area (Å²) in [7, 11) is -4.71. The molecule has 14 heteroatoms. The van der Waals surface area contributed by atoms with Gasteiger partial charge in [-0.1, -0.05) is 84.0 Å². The number of carboxylic acids is 1. The van der Waals surface area contributed by atoms with E-state index in [2.05, 4.69) is 11.4 Å². The van der Waals surface area contributed by atoms with E-state index in [0.717, 1.165) is 31.4 Å². The quantitative estimate of drug-likeness (QED) is 0.0337. The van der Waals surface area contributed by atoms with Crippen LogP contribution in [-0.2, 0) is 37.5 Å². The molecule has 4 atom stereocenters. The number of carbonyl (C=O) groups excluding carboxylic acids is 2. The first-order valence-corrected chi connectivity index (χ1v) is 16.8. The summed E-state index contributed by atoms with van der Waals surface area (Å²) in [5.74, 6) is -2.65. The molecule has 0 aliphatic heterocycles. The minimum atomic E-state index is -4.71. The molecule has 0 rings (SSSR count). The Morgan fingerprint density at radius 2 is 1.30 bits per heavy atom. The van der Waals surface area contributed by atoms with Crippen molar-refractivity contribution in [3.8, 4) is 0 Å². The number of phosphoric ester groups is 1. The summed E-state index contributed by atoms with van der Waals surface area (Å²) in [6, 6.07) is 0. The lowest BCUT2D eigenvalue weighted by Gasteiger charge is -2.20. The smallest absolute Gasteiger partial charge is 0.472 e. The van der Waals surface area contributed by atoms with E-state index >= 15 is 0 Å². The van der Waals surface area contributed by atoms with Crippen LogP contribution in [0.3, 0.4) is 0 Å². The Morgan fingerprint density at radius 3 is 1.84 bits per heavy atom. The van der Waals surface area contributed by atoms with E-state index < -0.39 is 70.5 Å². The second-order valence-electron chi connectivity index (χ2n) is 10.5. The number of aliphatic hydroxyl groups is 3. The third kappa shape index (κ3) is 27.4. The summed E-state index contributed by atoms with van der Waals surface area (Å²) in [6.07, 6.45) is 12.6. The highest BCUT2D eigenvalue weighted by Gasteiger charge is 2.27. The van der Waals surface area contributed by atoms with Crippen molar-refractivity contribution in [3.63, 3.8) is 0 Å². The number of aliphatic carboxylic acids is 1. The highest BCUT2D eigenvalue weighted by molar-refractivity contribution is 7.47. The molecule has 0 aliphatic rings. The number of hydrogen-bond donors (Lipinski definition) is 5. The highest BCUT2D eigenvalue weighted by atomic mass is 31.2. The molecule has 0 aliphatic carbocycles. The van der Waals surface area contributed by atoms with Crippen LogP contribution >= 0.6 is 7.82 Å². The Morgan fingerprint density at radius 1 is 0.767 bits per heavy atom. The number of aliphatic hydroxyl groups excluding tert-OH is 3. The van der Waals surface area contributed by atoms with Crippen molar-refractivity contribution in [2.24, 2.45) is 0 Å². The number of phosphoric acid groups is 1. The Hall–Kier alpha value is -1.86. The molecule has 0 amide bonds. The molecule has 0 radical (unpaired) electrons. The minimum absolute atomic E-state index is 0.155. The Balaban J connectivity index is 4.48. The van der Waals surface area contributed by atoms with Crippen molar-refractivity contribution in [1.29, 1.82) is 0 Å². The van der Waals surface area contributed by atoms with Crippen LogP contribution in [0, 0.1) is 0 Å². The van der Waals surface area contributed by atoms with Crippen molar-refractivity contribution < 1.29 is 62.8 Å². The van der Waals surface area contributed by atoms with Gasteiger partial charge in [-0.05, 0) is 18.9 Å². The van der Waals surface area contributed by atoms with Gasteiger partial charge in [0.15, 0.2) is 6.10 Å². The predicted molar refractivity (Wildman–Crippen MR) is 158 cm³/mol. The molecule has 0 heterocycles. The average molecular weight is 641 g/mol. The highest BCUT2D eigenvalue weighted by Crippen LogP contribution is 2.43. The van der Waals surface area contributed by atoms with Gasteiger partial charge in [-0.25, -0.2) is 9.36 Å². The lowest BCUT2D eigenvalue weighted by atomic mass is 10.0. The molecule has 5 N–H and O–H groups in total. The zero-order chi connectivity index (χ0) is 32.3. The Bertz CT molecular complexity index is 820. The molecule has 252 valence electrons. The van der Waals surface area contributed by atoms with Crippen LogP contribution in [0.5, 0.6) is 0 Å². The normalized spacial score (nSPS) is 15.1. The summed E-state index contributed by atoms with van der Waals surface area (Å²) in [6.45, 7) is -0.339. The van der Waals surface area contributed by atoms with Crippen molar-refractivity contribution in [3.05, 3.63) is 12.2 Å². The van der Waals surface area contributed by atoms with E-state index in [9.17, 15) is 34.1 Å². The summed E-state index contributed by atoms with van der Waals surface area (Å²) in [5.41, 5.74) is 0. The van der Waals surface area contributed by atoms with Crippen molar-refractivity contribution in [1.82, 2.24) is 0 Å². The standard InChI is InChI=1S/C29H53O13P/c1-2-3-4-5-6-7-8-9-10-11-12-13-14-15-28(35)39-22-26(23-41-43(37,38)40-21-25(32)20-30)42-29(36)19-17-24(31)16-18-27(33)34/h16,18,24-26,30-32H,2-15,17,19-23H2,1H3,(H,33,34)(H,37,38)/b18-16+/t24?,25-,26+/m0/s1. The number of carboxylic acid groups (broad SMARTS) is 1. The molecule has 0 saturated carbocycles. The van der Waals surface area contributed by atoms with Gasteiger partial charge in [-0.15, -0.1) is 0 Å². The molecule has 0 bridgehead atoms. The van der Waals surface area contributed by atoms with Gasteiger partial charge in [0, 0.05) is 18.9 Å². The third-order valence-corrected chi connectivity index (χ3v) is 7.33. The molecule has 2 unspecified atom stereocenters. The zero-order valence-corrected chi connectivity index (χ0v) is 26.4. The SMILES string of the molecule is CCCCCCCCCCCCCCCC(=O)OC[C@H](COP(=O)(O)OC[C@@H](O)CO)OC(=O)CCC(O)/C=C/C(=O)O. The van der Waals surface area contributed by atoms with Gasteiger partial charge in [0.1, 0.15) is 12.7 Å². The van der Waals surface area contributed by atoms with Crippen LogP contribution in [0.25, 0.3) is 0 Å². The van der Waals surface area contributed by atoms with Crippen LogP contribution in [0.1, 0.15) is 110 Å². The van der Waals surface area contributed by atoms with Crippen LogP contribution in [0.4, 0.5) is 0 Å². The zero-order valence-electron chi connectivity index (χ0n) is 25.5. The molecule has 0 fully saturated rings. The fraction of sp³-hybridized carbons (Fsp3) is 0.828. The summed E-state index contributed by atoms with van der Waals surface area (Å²) >= 11 is 0. The first kappa shape index (κ1) is 41.1. The maximum Gasteiger partial charge on any atom is 0.472 e. The maximum atomic E-state index is 12.2. The van der Waals surface area contributed by atoms with Crippen LogP contribution in [0.15, 0.2) is 12.2 Å². The largest absolute Gasteiger partial charge is 0.478 e. The molecular weight excluding hydrogens is 587 g/mol. The average Bonchev–Trinajstić information content (AvgIpc) is 2.97. The predicted octanol–water partition coefficient (Wildman–Crippen LogP) is 4.19. The number of carbonyl (C=O) groups is 3. The lowest BCUT2D eigenvalue weighted by Crippen LogP contribution is -2.30. The molecule has 0 aromatic rings. The first-order valence-electron chi connectivity index (χ1n) is 15.3. The monoisotopic (exact) mass is 640 g/mol. The molecule has 0 aromatic carbocycles. The van der Waals surface area contributed by atoms with E-state index in [1.807, 2.05) is 0 Å². The third-order valence-electron chi connectivity index (χ3n) is 6.38. The molecule has 0 aromatic heterocycles. The summed E-state index contributed by atoms with van der Waals surface area (Å²) in [5, 5.41) is 36.4. The van der Waals surface area contributed by atoms with Crippen LogP contribution in [0.2, 0.25) is 0 Å². The van der Waals surface area contributed by atoms with Gasteiger partial charge >= 0.3 is 25.7 Å². The summed E-state index contributed by atoms with van der Waals surface area (Å²) in [4.78, 5) is 44.7. The van der Waals surface area contributed by atoms with E-state index in [1.165, 1.54) is 57.8 Å². The fourth-order valence-electron chi connectivity index (χ4n) is 3.91. The molecule has 0 spiro atoms. The second-order valence-corrected chi connectivity index (χ2v) is 11.9. The van der Waals surface area contributed by atoms with E-state index in [1.54, 1.807) is 0 Å². The van der Waals surface area contributed by atoms with Crippen molar-refractivity contribution in [2.45, 2.75) is 128 Å².